The zero-order valence-corrected chi connectivity index (χ0v) is 38.5. The molecule has 8 aliphatic rings. The maximum Gasteiger partial charge on any atom is 0.0321 e. The van der Waals surface area contributed by atoms with Crippen molar-refractivity contribution in [3.8, 4) is 0 Å². The Morgan fingerprint density at radius 2 is 1.43 bits per heavy atom. The topological polar surface area (TPSA) is 6.48 Å². The molecule has 5 saturated carbocycles. The Bertz CT molecular complexity index is 1420. The van der Waals surface area contributed by atoms with Crippen LogP contribution in [-0.2, 0) is 0 Å². The van der Waals surface area contributed by atoms with E-state index in [0.717, 1.165) is 53.5 Å². The molecule has 0 N–H and O–H groups in total. The number of hydrogen-bond acceptors (Lipinski definition) is 2. The largest absolute Gasteiger partial charge is 0.368 e. The molecule has 10 atom stereocenters. The lowest BCUT2D eigenvalue weighted by Gasteiger charge is -2.56. The minimum absolute atomic E-state index is 0.266. The molecule has 1 aliphatic heterocycles. The van der Waals surface area contributed by atoms with Crippen molar-refractivity contribution in [2.75, 3.05) is 0 Å². The molecule has 1 saturated heterocycles. The Balaban J connectivity index is 1.14. The van der Waals surface area contributed by atoms with Crippen molar-refractivity contribution in [1.29, 1.82) is 0 Å². The molecule has 0 aromatic carbocycles. The van der Waals surface area contributed by atoms with Gasteiger partial charge in [-0.25, -0.2) is 0 Å². The fourth-order valence-electron chi connectivity index (χ4n) is 16.4. The van der Waals surface area contributed by atoms with Crippen molar-refractivity contribution >= 4 is 0 Å². The highest BCUT2D eigenvalue weighted by Gasteiger charge is 2.65. The van der Waals surface area contributed by atoms with Gasteiger partial charge in [-0.15, -0.1) is 0 Å². The smallest absolute Gasteiger partial charge is 0.0321 e. The van der Waals surface area contributed by atoms with Gasteiger partial charge >= 0.3 is 0 Å². The fourth-order valence-corrected chi connectivity index (χ4v) is 16.4. The van der Waals surface area contributed by atoms with Crippen LogP contribution < -0.4 is 0 Å². The number of rotatable bonds is 6. The third-order valence-electron chi connectivity index (χ3n) is 19.3. The molecule has 6 fully saturated rings. The van der Waals surface area contributed by atoms with Crippen LogP contribution in [0.1, 0.15) is 216 Å². The summed E-state index contributed by atoms with van der Waals surface area (Å²) in [6.45, 7) is 23.3. The van der Waals surface area contributed by atoms with Gasteiger partial charge in [-0.3, -0.25) is 4.90 Å². The standard InChI is InChI=1S/C54H90N2/c1-38-33-45(37-46(34-38)56-50-29-23-41(39-19-13-10-14-20-39)35-48(50)54(53(56,8)9)31-17-12-18-32-54)55(44-27-24-42(25-28-44)51(2,3)4)49-30-26-43(52(5,6)7)36-47(49)40-21-15-11-16-22-40/h11,15,24,27,38-41,43,45-50H,10,12-14,16-23,25-26,28-37H2,1-9H3. The summed E-state index contributed by atoms with van der Waals surface area (Å²) in [7, 11) is 0. The Labute approximate surface area is 347 Å². The molecular formula is C54H90N2. The lowest BCUT2D eigenvalue weighted by molar-refractivity contribution is -0.0459. The van der Waals surface area contributed by atoms with E-state index in [1.807, 2.05) is 0 Å². The second kappa shape index (κ2) is 16.4. The van der Waals surface area contributed by atoms with Crippen molar-refractivity contribution in [2.45, 2.75) is 246 Å². The molecule has 2 nitrogen and oxygen atoms in total. The van der Waals surface area contributed by atoms with Crippen LogP contribution >= 0.6 is 0 Å². The molecule has 2 heteroatoms. The van der Waals surface area contributed by atoms with E-state index in [1.54, 1.807) is 17.7 Å². The third kappa shape index (κ3) is 7.97. The van der Waals surface area contributed by atoms with Crippen LogP contribution in [0.15, 0.2) is 35.6 Å². The normalized spacial score (nSPS) is 39.9. The first-order valence-corrected chi connectivity index (χ1v) is 25.3. The van der Waals surface area contributed by atoms with Gasteiger partial charge < -0.3 is 4.90 Å². The highest BCUT2D eigenvalue weighted by atomic mass is 15.3. The van der Waals surface area contributed by atoms with Crippen molar-refractivity contribution < 1.29 is 0 Å². The maximum absolute atomic E-state index is 3.35. The molecule has 0 aromatic rings. The van der Waals surface area contributed by atoms with Crippen LogP contribution in [0.5, 0.6) is 0 Å². The summed E-state index contributed by atoms with van der Waals surface area (Å²) in [4.78, 5) is 6.60. The van der Waals surface area contributed by atoms with Crippen LogP contribution in [0, 0.1) is 57.7 Å². The highest BCUT2D eigenvalue weighted by Crippen LogP contribution is 2.65. The van der Waals surface area contributed by atoms with Crippen LogP contribution in [0.4, 0.5) is 0 Å². The van der Waals surface area contributed by atoms with Crippen molar-refractivity contribution in [2.24, 2.45) is 57.7 Å². The predicted octanol–water partition coefficient (Wildman–Crippen LogP) is 15.1. The minimum atomic E-state index is 0.266. The SMILES string of the molecule is CC1CC(N(C2=CC=C(C(C)(C)C)CC2)C2CCC(C(C)(C)C)CC2C2CC=CCC2)CC(N2C3CCC(C4CCCCC4)CC3C3(CCCCC3)C2(C)C)C1. The van der Waals surface area contributed by atoms with E-state index in [4.69, 9.17) is 0 Å². The van der Waals surface area contributed by atoms with E-state index in [-0.39, 0.29) is 5.41 Å². The molecule has 316 valence electrons. The average Bonchev–Trinajstić information content (AvgIpc) is 3.36. The summed E-state index contributed by atoms with van der Waals surface area (Å²) >= 11 is 0. The summed E-state index contributed by atoms with van der Waals surface area (Å²) in [6, 6.07) is 2.93. The van der Waals surface area contributed by atoms with Gasteiger partial charge in [0.15, 0.2) is 0 Å². The number of hydrogen-bond donors (Lipinski definition) is 0. The van der Waals surface area contributed by atoms with Crippen molar-refractivity contribution in [3.63, 3.8) is 0 Å². The number of nitrogens with zero attached hydrogens (tertiary/aromatic N) is 2. The number of likely N-dealkylation sites (tertiary alicyclic amines) is 1. The van der Waals surface area contributed by atoms with Gasteiger partial charge in [0.05, 0.1) is 0 Å². The summed E-state index contributed by atoms with van der Waals surface area (Å²) in [5.41, 5.74) is 4.89. The first-order chi connectivity index (χ1) is 26.7. The Morgan fingerprint density at radius 3 is 2.09 bits per heavy atom. The van der Waals surface area contributed by atoms with E-state index in [1.165, 1.54) is 148 Å². The van der Waals surface area contributed by atoms with E-state index in [9.17, 15) is 0 Å². The molecule has 1 spiro atoms. The quantitative estimate of drug-likeness (QED) is 0.248. The highest BCUT2D eigenvalue weighted by molar-refractivity contribution is 5.28. The summed E-state index contributed by atoms with van der Waals surface area (Å²) in [5.74, 6) is 6.29. The first-order valence-electron chi connectivity index (χ1n) is 25.3. The molecule has 7 aliphatic carbocycles. The first kappa shape index (κ1) is 41.7. The summed E-state index contributed by atoms with van der Waals surface area (Å²) in [5, 5.41) is 0. The zero-order valence-electron chi connectivity index (χ0n) is 38.5. The number of allylic oxidation sites excluding steroid dienone is 6. The lowest BCUT2D eigenvalue weighted by Crippen LogP contribution is -2.59. The van der Waals surface area contributed by atoms with E-state index in [0.29, 0.717) is 28.5 Å². The van der Waals surface area contributed by atoms with Gasteiger partial charge in [0, 0.05) is 35.4 Å². The van der Waals surface area contributed by atoms with Gasteiger partial charge in [-0.2, -0.15) is 0 Å². The lowest BCUT2D eigenvalue weighted by atomic mass is 9.54. The van der Waals surface area contributed by atoms with Crippen LogP contribution in [-0.4, -0.2) is 39.5 Å². The molecule has 10 unspecified atom stereocenters. The second-order valence-corrected chi connectivity index (χ2v) is 24.6. The molecule has 0 aromatic heterocycles. The van der Waals surface area contributed by atoms with Gasteiger partial charge in [0.1, 0.15) is 0 Å². The van der Waals surface area contributed by atoms with Crippen LogP contribution in [0.2, 0.25) is 0 Å². The van der Waals surface area contributed by atoms with Crippen molar-refractivity contribution in [1.82, 2.24) is 9.80 Å². The molecular weight excluding hydrogens is 677 g/mol. The van der Waals surface area contributed by atoms with Gasteiger partial charge in [-0.05, 0) is 180 Å². The van der Waals surface area contributed by atoms with Crippen LogP contribution in [0.25, 0.3) is 0 Å². The minimum Gasteiger partial charge on any atom is -0.368 e. The summed E-state index contributed by atoms with van der Waals surface area (Å²) < 4.78 is 0. The third-order valence-corrected chi connectivity index (χ3v) is 19.3. The summed E-state index contributed by atoms with van der Waals surface area (Å²) in [6.07, 6.45) is 45.0. The monoisotopic (exact) mass is 767 g/mol. The molecule has 8 rings (SSSR count). The average molecular weight is 767 g/mol. The second-order valence-electron chi connectivity index (χ2n) is 24.6. The fraction of sp³-hybridized carbons (Fsp3) is 0.889. The van der Waals surface area contributed by atoms with E-state index >= 15 is 0 Å². The van der Waals surface area contributed by atoms with Gasteiger partial charge in [0.2, 0.25) is 0 Å². The number of fused-ring (bicyclic) bond motifs is 2. The van der Waals surface area contributed by atoms with E-state index < -0.39 is 0 Å². The van der Waals surface area contributed by atoms with Gasteiger partial charge in [-0.1, -0.05) is 124 Å². The molecule has 0 bridgehead atoms. The zero-order chi connectivity index (χ0) is 39.5. The molecule has 1 heterocycles. The Hall–Kier alpha value is -1.02. The molecule has 56 heavy (non-hydrogen) atoms. The predicted molar refractivity (Wildman–Crippen MR) is 240 cm³/mol. The van der Waals surface area contributed by atoms with E-state index in [2.05, 4.69) is 96.4 Å². The Morgan fingerprint density at radius 1 is 0.679 bits per heavy atom. The Kier molecular flexibility index (Phi) is 12.2. The maximum atomic E-state index is 3.35. The molecule has 0 amide bonds. The van der Waals surface area contributed by atoms with Crippen LogP contribution in [0.3, 0.4) is 0 Å². The molecule has 0 radical (unpaired) electrons. The van der Waals surface area contributed by atoms with Gasteiger partial charge in [0.25, 0.3) is 0 Å². The van der Waals surface area contributed by atoms with Crippen molar-refractivity contribution in [3.05, 3.63) is 35.6 Å².